The number of hydrogen-bond acceptors (Lipinski definition) is 5. The summed E-state index contributed by atoms with van der Waals surface area (Å²) in [6.45, 7) is 4.09. The molecule has 166 valence electrons. The number of rotatable bonds is 19. The Kier molecular flexibility index (Phi) is 15.9. The lowest BCUT2D eigenvalue weighted by atomic mass is 10.0. The van der Waals surface area contributed by atoms with Gasteiger partial charge in [0.2, 0.25) is 0 Å². The Morgan fingerprint density at radius 3 is 1.89 bits per heavy atom. The second-order valence-electron chi connectivity index (χ2n) is 8.12. The van der Waals surface area contributed by atoms with E-state index < -0.39 is 24.4 Å². The van der Waals surface area contributed by atoms with Crippen LogP contribution in [-0.2, 0) is 9.47 Å². The molecule has 1 fully saturated rings. The molecule has 0 unspecified atom stereocenters. The van der Waals surface area contributed by atoms with Crippen LogP contribution < -0.4 is 0 Å². The Labute approximate surface area is 172 Å². The molecule has 0 radical (unpaired) electrons. The molecule has 1 heterocycles. The van der Waals surface area contributed by atoms with Gasteiger partial charge in [-0.1, -0.05) is 76.7 Å². The smallest absolute Gasteiger partial charge is 0.114 e. The van der Waals surface area contributed by atoms with Crippen LogP contribution in [0.5, 0.6) is 0 Å². The van der Waals surface area contributed by atoms with Gasteiger partial charge in [-0.25, -0.2) is 0 Å². The van der Waals surface area contributed by atoms with Crippen LogP contribution in [0, 0.1) is 0 Å². The van der Waals surface area contributed by atoms with Gasteiger partial charge in [0, 0.05) is 6.61 Å². The number of hydrogen-bond donors (Lipinski definition) is 3. The summed E-state index contributed by atoms with van der Waals surface area (Å²) in [7, 11) is 0. The molecule has 0 aromatic rings. The van der Waals surface area contributed by atoms with E-state index in [9.17, 15) is 10.2 Å². The Morgan fingerprint density at radius 2 is 1.39 bits per heavy atom. The minimum Gasteiger partial charge on any atom is -0.394 e. The highest BCUT2D eigenvalue weighted by Gasteiger charge is 2.40. The zero-order valence-electron chi connectivity index (χ0n) is 17.8. The highest BCUT2D eigenvalue weighted by molar-refractivity contribution is 4.89. The first-order valence-corrected chi connectivity index (χ1v) is 11.5. The summed E-state index contributed by atoms with van der Waals surface area (Å²) in [5.74, 6) is 0. The molecule has 1 saturated heterocycles. The van der Waals surface area contributed by atoms with Gasteiger partial charge < -0.3 is 24.8 Å². The molecule has 1 aliphatic rings. The molecule has 0 amide bonds. The second-order valence-corrected chi connectivity index (χ2v) is 8.12. The maximum atomic E-state index is 9.88. The van der Waals surface area contributed by atoms with Crippen molar-refractivity contribution in [3.63, 3.8) is 0 Å². The zero-order chi connectivity index (χ0) is 20.5. The molecule has 0 bridgehead atoms. The monoisotopic (exact) mass is 400 g/mol. The molecule has 0 aliphatic carbocycles. The summed E-state index contributed by atoms with van der Waals surface area (Å²) in [5.41, 5.74) is 0. The van der Waals surface area contributed by atoms with Gasteiger partial charge in [0.05, 0.1) is 13.2 Å². The number of aliphatic hydroxyl groups excluding tert-OH is 3. The first-order valence-electron chi connectivity index (χ1n) is 11.5. The van der Waals surface area contributed by atoms with Crippen LogP contribution in [0.15, 0.2) is 12.7 Å². The van der Waals surface area contributed by atoms with Gasteiger partial charge in [-0.15, -0.1) is 6.58 Å². The van der Waals surface area contributed by atoms with Crippen molar-refractivity contribution >= 4 is 0 Å². The van der Waals surface area contributed by atoms with Gasteiger partial charge in [-0.3, -0.25) is 0 Å². The SMILES string of the molecule is C=CCCCCCCCCCCCCCCCO[C@H]1[C@@H]([C@H](O)CO)OC[C@@H]1O. The van der Waals surface area contributed by atoms with E-state index in [4.69, 9.17) is 14.6 Å². The molecule has 4 atom stereocenters. The topological polar surface area (TPSA) is 79.2 Å². The van der Waals surface area contributed by atoms with Gasteiger partial charge in [0.15, 0.2) is 0 Å². The molecule has 0 aromatic carbocycles. The van der Waals surface area contributed by atoms with Gasteiger partial charge in [0.1, 0.15) is 24.4 Å². The molecule has 1 rings (SSSR count). The summed E-state index contributed by atoms with van der Waals surface area (Å²) in [6.07, 6.45) is 17.1. The fourth-order valence-electron chi connectivity index (χ4n) is 3.81. The van der Waals surface area contributed by atoms with Crippen LogP contribution in [0.2, 0.25) is 0 Å². The summed E-state index contributed by atoms with van der Waals surface area (Å²) in [6, 6.07) is 0. The van der Waals surface area contributed by atoms with Crippen LogP contribution in [0.1, 0.15) is 89.9 Å². The molecular formula is C23H44O5. The third-order valence-electron chi connectivity index (χ3n) is 5.59. The Hall–Kier alpha value is -0.460. The lowest BCUT2D eigenvalue weighted by molar-refractivity contribution is -0.0938. The normalized spacial score (nSPS) is 23.2. The molecule has 0 spiro atoms. The van der Waals surface area contributed by atoms with Gasteiger partial charge in [-0.2, -0.15) is 0 Å². The van der Waals surface area contributed by atoms with E-state index in [-0.39, 0.29) is 13.2 Å². The first kappa shape index (κ1) is 25.6. The van der Waals surface area contributed by atoms with E-state index in [1.807, 2.05) is 6.08 Å². The van der Waals surface area contributed by atoms with E-state index in [1.54, 1.807) is 0 Å². The van der Waals surface area contributed by atoms with E-state index >= 15 is 0 Å². The Morgan fingerprint density at radius 1 is 0.893 bits per heavy atom. The van der Waals surface area contributed by atoms with Crippen molar-refractivity contribution in [2.45, 2.75) is 114 Å². The first-order chi connectivity index (χ1) is 13.7. The van der Waals surface area contributed by atoms with Gasteiger partial charge in [0.25, 0.3) is 0 Å². The molecule has 0 aromatic heterocycles. The summed E-state index contributed by atoms with van der Waals surface area (Å²) in [4.78, 5) is 0. The van der Waals surface area contributed by atoms with Gasteiger partial charge >= 0.3 is 0 Å². The third-order valence-corrected chi connectivity index (χ3v) is 5.59. The number of unbranched alkanes of at least 4 members (excludes halogenated alkanes) is 13. The second kappa shape index (κ2) is 17.4. The van der Waals surface area contributed by atoms with Crippen molar-refractivity contribution in [2.75, 3.05) is 19.8 Å². The standard InChI is InChI=1S/C23H44O5/c1-2-3-4-5-6-7-8-9-10-11-12-13-14-15-16-17-27-23-21(26)19-28-22(23)20(25)18-24/h2,20-26H,1,3-19H2/t20-,21+,22-,23-/m1/s1. The predicted octanol–water partition coefficient (Wildman–Crippen LogP) is 4.13. The van der Waals surface area contributed by atoms with Crippen molar-refractivity contribution < 1.29 is 24.8 Å². The summed E-state index contributed by atoms with van der Waals surface area (Å²) in [5, 5.41) is 28.6. The van der Waals surface area contributed by atoms with Crippen molar-refractivity contribution in [3.8, 4) is 0 Å². The van der Waals surface area contributed by atoms with Crippen molar-refractivity contribution in [3.05, 3.63) is 12.7 Å². The average molecular weight is 401 g/mol. The largest absolute Gasteiger partial charge is 0.394 e. The molecule has 5 heteroatoms. The predicted molar refractivity (Wildman–Crippen MR) is 113 cm³/mol. The van der Waals surface area contributed by atoms with Crippen LogP contribution in [0.25, 0.3) is 0 Å². The minimum absolute atomic E-state index is 0.154. The van der Waals surface area contributed by atoms with Crippen molar-refractivity contribution in [1.82, 2.24) is 0 Å². The van der Waals surface area contributed by atoms with Crippen LogP contribution >= 0.6 is 0 Å². The molecule has 28 heavy (non-hydrogen) atoms. The number of aliphatic hydroxyl groups is 3. The van der Waals surface area contributed by atoms with Crippen LogP contribution in [-0.4, -0.2) is 59.6 Å². The quantitative estimate of drug-likeness (QED) is 0.224. The highest BCUT2D eigenvalue weighted by atomic mass is 16.6. The van der Waals surface area contributed by atoms with E-state index in [0.29, 0.717) is 6.61 Å². The van der Waals surface area contributed by atoms with Crippen LogP contribution in [0.4, 0.5) is 0 Å². The molecule has 5 nitrogen and oxygen atoms in total. The minimum atomic E-state index is -1.00. The molecule has 1 aliphatic heterocycles. The maximum Gasteiger partial charge on any atom is 0.114 e. The van der Waals surface area contributed by atoms with Gasteiger partial charge in [-0.05, 0) is 19.3 Å². The van der Waals surface area contributed by atoms with E-state index in [0.717, 1.165) is 19.3 Å². The Bertz CT molecular complexity index is 363. The molecular weight excluding hydrogens is 356 g/mol. The maximum absolute atomic E-state index is 9.88. The Balaban J connectivity index is 1.85. The number of allylic oxidation sites excluding steroid dienone is 1. The van der Waals surface area contributed by atoms with Crippen LogP contribution in [0.3, 0.4) is 0 Å². The molecule has 3 N–H and O–H groups in total. The van der Waals surface area contributed by atoms with E-state index in [1.165, 1.54) is 70.6 Å². The fraction of sp³-hybridized carbons (Fsp3) is 0.913. The average Bonchev–Trinajstić information content (AvgIpc) is 3.07. The third kappa shape index (κ3) is 11.5. The fourth-order valence-corrected chi connectivity index (χ4v) is 3.81. The lowest BCUT2D eigenvalue weighted by Gasteiger charge is -2.23. The van der Waals surface area contributed by atoms with Crippen molar-refractivity contribution in [2.24, 2.45) is 0 Å². The lowest BCUT2D eigenvalue weighted by Crippen LogP contribution is -2.42. The number of ether oxygens (including phenoxy) is 2. The zero-order valence-corrected chi connectivity index (χ0v) is 17.8. The van der Waals surface area contributed by atoms with E-state index in [2.05, 4.69) is 6.58 Å². The summed E-state index contributed by atoms with van der Waals surface area (Å²) >= 11 is 0. The summed E-state index contributed by atoms with van der Waals surface area (Å²) < 4.78 is 11.0. The highest BCUT2D eigenvalue weighted by Crippen LogP contribution is 2.21. The van der Waals surface area contributed by atoms with Crippen molar-refractivity contribution in [1.29, 1.82) is 0 Å². The molecule has 0 saturated carbocycles.